The van der Waals surface area contributed by atoms with Gasteiger partial charge in [-0.05, 0) is 45.5 Å². The molecule has 19 heavy (non-hydrogen) atoms. The molecule has 0 saturated carbocycles. The maximum absolute atomic E-state index is 5.94. The molecule has 4 heteroatoms. The highest BCUT2D eigenvalue weighted by atomic mass is 79.9. The Morgan fingerprint density at radius 2 is 2.16 bits per heavy atom. The van der Waals surface area contributed by atoms with Gasteiger partial charge in [0.1, 0.15) is 0 Å². The molecule has 2 rings (SSSR count). The molecular weight excluding hydrogens is 302 g/mol. The zero-order chi connectivity index (χ0) is 14.0. The predicted molar refractivity (Wildman–Crippen MR) is 85.7 cm³/mol. The van der Waals surface area contributed by atoms with Crippen molar-refractivity contribution in [2.24, 2.45) is 5.73 Å². The molecule has 1 heterocycles. The lowest BCUT2D eigenvalue weighted by Gasteiger charge is -2.40. The van der Waals surface area contributed by atoms with E-state index in [2.05, 4.69) is 70.9 Å². The Bertz CT molecular complexity index is 433. The second kappa shape index (κ2) is 5.81. The van der Waals surface area contributed by atoms with Crippen LogP contribution in [0.5, 0.6) is 0 Å². The molecule has 0 bridgehead atoms. The number of hydrogen-bond acceptors (Lipinski definition) is 3. The van der Waals surface area contributed by atoms with E-state index in [9.17, 15) is 0 Å². The molecule has 1 aliphatic rings. The van der Waals surface area contributed by atoms with Crippen molar-refractivity contribution >= 4 is 21.6 Å². The van der Waals surface area contributed by atoms with E-state index in [0.29, 0.717) is 12.6 Å². The minimum atomic E-state index is 0.152. The Morgan fingerprint density at radius 1 is 1.42 bits per heavy atom. The van der Waals surface area contributed by atoms with Gasteiger partial charge in [-0.2, -0.15) is 0 Å². The molecule has 1 atom stereocenters. The number of halogens is 1. The monoisotopic (exact) mass is 325 g/mol. The summed E-state index contributed by atoms with van der Waals surface area (Å²) >= 11 is 3.57. The van der Waals surface area contributed by atoms with Crippen LogP contribution in [-0.2, 0) is 0 Å². The molecule has 3 nitrogen and oxygen atoms in total. The first-order chi connectivity index (χ1) is 8.94. The third-order valence-corrected chi connectivity index (χ3v) is 4.71. The van der Waals surface area contributed by atoms with Gasteiger partial charge < -0.3 is 15.5 Å². The van der Waals surface area contributed by atoms with Crippen LogP contribution in [0.15, 0.2) is 28.7 Å². The van der Waals surface area contributed by atoms with Crippen molar-refractivity contribution in [2.45, 2.75) is 31.8 Å². The normalized spacial score (nSPS) is 24.3. The van der Waals surface area contributed by atoms with Crippen LogP contribution >= 0.6 is 15.9 Å². The van der Waals surface area contributed by atoms with Crippen LogP contribution < -0.4 is 10.6 Å². The number of nitrogens with zero attached hydrogens (tertiary/aromatic N) is 2. The fourth-order valence-electron chi connectivity index (χ4n) is 2.72. The third kappa shape index (κ3) is 3.30. The first kappa shape index (κ1) is 14.8. The minimum absolute atomic E-state index is 0.152. The van der Waals surface area contributed by atoms with Crippen LogP contribution in [0.1, 0.15) is 20.3 Å². The van der Waals surface area contributed by atoms with E-state index in [1.165, 1.54) is 5.69 Å². The van der Waals surface area contributed by atoms with E-state index in [0.717, 1.165) is 24.0 Å². The second-order valence-corrected chi connectivity index (χ2v) is 6.94. The summed E-state index contributed by atoms with van der Waals surface area (Å²) in [4.78, 5) is 4.89. The van der Waals surface area contributed by atoms with E-state index in [1.54, 1.807) is 0 Å². The molecule has 1 aromatic carbocycles. The molecule has 0 amide bonds. The van der Waals surface area contributed by atoms with E-state index in [-0.39, 0.29) is 5.54 Å². The summed E-state index contributed by atoms with van der Waals surface area (Å²) in [7, 11) is 2.18. The van der Waals surface area contributed by atoms with E-state index < -0.39 is 0 Å². The van der Waals surface area contributed by atoms with Crippen molar-refractivity contribution in [3.05, 3.63) is 28.7 Å². The van der Waals surface area contributed by atoms with Crippen LogP contribution in [0.2, 0.25) is 0 Å². The van der Waals surface area contributed by atoms with Crippen molar-refractivity contribution in [1.29, 1.82) is 0 Å². The van der Waals surface area contributed by atoms with Gasteiger partial charge in [0.15, 0.2) is 0 Å². The van der Waals surface area contributed by atoms with E-state index >= 15 is 0 Å². The number of benzene rings is 1. The summed E-state index contributed by atoms with van der Waals surface area (Å²) in [5.74, 6) is 0. The standard InChI is InChI=1S/C15H24BrN3/c1-15(2)7-8-18(3)14(10-17)11-19(15)13-6-4-5-12(16)9-13/h4-6,9,14H,7-8,10-11,17H2,1-3H3. The molecule has 0 aliphatic carbocycles. The average molecular weight is 326 g/mol. The van der Waals surface area contributed by atoms with E-state index in [1.807, 2.05) is 0 Å². The highest BCUT2D eigenvalue weighted by Crippen LogP contribution is 2.31. The number of nitrogens with two attached hydrogens (primary N) is 1. The minimum Gasteiger partial charge on any atom is -0.365 e. The van der Waals surface area contributed by atoms with Crippen LogP contribution in [0, 0.1) is 0 Å². The van der Waals surface area contributed by atoms with Gasteiger partial charge in [0, 0.05) is 41.4 Å². The van der Waals surface area contributed by atoms with Gasteiger partial charge in [-0.25, -0.2) is 0 Å². The number of likely N-dealkylation sites (N-methyl/N-ethyl adjacent to an activating group) is 1. The van der Waals surface area contributed by atoms with Crippen molar-refractivity contribution in [3.63, 3.8) is 0 Å². The van der Waals surface area contributed by atoms with Crippen molar-refractivity contribution in [2.75, 3.05) is 31.6 Å². The molecule has 1 unspecified atom stereocenters. The molecule has 1 fully saturated rings. The molecule has 2 N–H and O–H groups in total. The van der Waals surface area contributed by atoms with Gasteiger partial charge in [-0.3, -0.25) is 0 Å². The summed E-state index contributed by atoms with van der Waals surface area (Å²) in [5.41, 5.74) is 7.37. The van der Waals surface area contributed by atoms with Crippen LogP contribution in [-0.4, -0.2) is 43.2 Å². The second-order valence-electron chi connectivity index (χ2n) is 6.02. The number of rotatable bonds is 2. The lowest BCUT2D eigenvalue weighted by atomic mass is 9.97. The van der Waals surface area contributed by atoms with Crippen molar-refractivity contribution < 1.29 is 0 Å². The van der Waals surface area contributed by atoms with Gasteiger partial charge in [0.05, 0.1) is 0 Å². The lowest BCUT2D eigenvalue weighted by Crippen LogP contribution is -2.49. The fraction of sp³-hybridized carbons (Fsp3) is 0.600. The van der Waals surface area contributed by atoms with Crippen LogP contribution in [0.3, 0.4) is 0 Å². The SMILES string of the molecule is CN1CCC(C)(C)N(c2cccc(Br)c2)CC1CN. The fourth-order valence-corrected chi connectivity index (χ4v) is 3.11. The van der Waals surface area contributed by atoms with Gasteiger partial charge in [0.2, 0.25) is 0 Å². The summed E-state index contributed by atoms with van der Waals surface area (Å²) in [6.45, 7) is 7.42. The lowest BCUT2D eigenvalue weighted by molar-refractivity contribution is 0.263. The molecule has 0 spiro atoms. The quantitative estimate of drug-likeness (QED) is 0.907. The first-order valence-electron chi connectivity index (χ1n) is 6.87. The average Bonchev–Trinajstić information content (AvgIpc) is 2.47. The molecule has 0 aromatic heterocycles. The largest absolute Gasteiger partial charge is 0.365 e. The van der Waals surface area contributed by atoms with Gasteiger partial charge >= 0.3 is 0 Å². The Hall–Kier alpha value is -0.580. The molecule has 1 aliphatic heterocycles. The Morgan fingerprint density at radius 3 is 2.79 bits per heavy atom. The Kier molecular flexibility index (Phi) is 4.54. The molecule has 0 radical (unpaired) electrons. The van der Waals surface area contributed by atoms with Crippen LogP contribution in [0.4, 0.5) is 5.69 Å². The summed E-state index contributed by atoms with van der Waals surface area (Å²) in [5, 5.41) is 0. The molecule has 106 valence electrons. The van der Waals surface area contributed by atoms with Crippen LogP contribution in [0.25, 0.3) is 0 Å². The smallest absolute Gasteiger partial charge is 0.0390 e. The van der Waals surface area contributed by atoms with Gasteiger partial charge in [-0.1, -0.05) is 22.0 Å². The summed E-state index contributed by atoms with van der Waals surface area (Å²) in [6, 6.07) is 8.97. The number of hydrogen-bond donors (Lipinski definition) is 1. The first-order valence-corrected chi connectivity index (χ1v) is 7.67. The van der Waals surface area contributed by atoms with Crippen molar-refractivity contribution in [3.8, 4) is 0 Å². The number of anilines is 1. The zero-order valence-electron chi connectivity index (χ0n) is 12.1. The maximum Gasteiger partial charge on any atom is 0.0390 e. The predicted octanol–water partition coefficient (Wildman–Crippen LogP) is 2.70. The Balaban J connectivity index is 2.33. The zero-order valence-corrected chi connectivity index (χ0v) is 13.7. The van der Waals surface area contributed by atoms with Gasteiger partial charge in [-0.15, -0.1) is 0 Å². The molecule has 1 aromatic rings. The van der Waals surface area contributed by atoms with Gasteiger partial charge in [0.25, 0.3) is 0 Å². The van der Waals surface area contributed by atoms with Crippen molar-refractivity contribution in [1.82, 2.24) is 4.90 Å². The maximum atomic E-state index is 5.94. The molecular formula is C15H24BrN3. The summed E-state index contributed by atoms with van der Waals surface area (Å²) < 4.78 is 1.13. The summed E-state index contributed by atoms with van der Waals surface area (Å²) in [6.07, 6.45) is 1.15. The van der Waals surface area contributed by atoms with E-state index in [4.69, 9.17) is 5.73 Å². The highest BCUT2D eigenvalue weighted by Gasteiger charge is 2.33. The topological polar surface area (TPSA) is 32.5 Å². The third-order valence-electron chi connectivity index (χ3n) is 4.22. The highest BCUT2D eigenvalue weighted by molar-refractivity contribution is 9.10. The Labute approximate surface area is 124 Å². The molecule has 1 saturated heterocycles.